The molecule has 0 aliphatic carbocycles. The van der Waals surface area contributed by atoms with Gasteiger partial charge in [-0.3, -0.25) is 14.7 Å². The molecule has 0 radical (unpaired) electrons. The van der Waals surface area contributed by atoms with E-state index in [9.17, 15) is 23.1 Å². The smallest absolute Gasteiger partial charge is 0.309 e. The first-order chi connectivity index (χ1) is 18.6. The Hall–Kier alpha value is -3.77. The van der Waals surface area contributed by atoms with Crippen LogP contribution in [0.1, 0.15) is 36.8 Å². The van der Waals surface area contributed by atoms with Crippen LogP contribution in [0.3, 0.4) is 0 Å². The Kier molecular flexibility index (Phi) is 8.66. The van der Waals surface area contributed by atoms with Gasteiger partial charge in [-0.25, -0.2) is 13.2 Å². The lowest BCUT2D eigenvalue weighted by molar-refractivity contribution is -0.152. The summed E-state index contributed by atoms with van der Waals surface area (Å²) in [5.74, 6) is 1.85. The molecule has 4 rings (SSSR count). The Bertz CT molecular complexity index is 1420. The molecule has 0 atom stereocenters. The number of aliphatic carboxylic acids is 1. The number of benzene rings is 2. The molecule has 0 spiro atoms. The van der Waals surface area contributed by atoms with E-state index in [1.54, 1.807) is 7.11 Å². The molecule has 0 amide bonds. The van der Waals surface area contributed by atoms with Crippen LogP contribution in [0.4, 0.5) is 18.9 Å². The van der Waals surface area contributed by atoms with E-state index in [1.807, 2.05) is 48.3 Å². The standard InChI is InChI=1S/C30H32F3N3O3/c1-35(2)27-19-34-26-9-8-22(39-3)18-24(26)23(27)7-4-10-30(29(37)38)11-14-36(15-12-30)13-5-6-20-16-21(31)17-25(32)28(20)33/h8-9,16-19H,4,7,10-15H2,1-3H3,(H,37,38). The summed E-state index contributed by atoms with van der Waals surface area (Å²) in [6, 6.07) is 7.11. The van der Waals surface area contributed by atoms with Crippen molar-refractivity contribution in [1.29, 1.82) is 0 Å². The van der Waals surface area contributed by atoms with E-state index < -0.39 is 28.8 Å². The molecule has 206 valence electrons. The molecule has 1 aliphatic rings. The second-order valence-electron chi connectivity index (χ2n) is 10.2. The largest absolute Gasteiger partial charge is 0.497 e. The number of carbonyl (C=O) groups is 1. The van der Waals surface area contributed by atoms with Gasteiger partial charge in [0.15, 0.2) is 11.6 Å². The van der Waals surface area contributed by atoms with Crippen molar-refractivity contribution in [3.63, 3.8) is 0 Å². The Labute approximate surface area is 226 Å². The van der Waals surface area contributed by atoms with Crippen LogP contribution in [0, 0.1) is 34.7 Å². The van der Waals surface area contributed by atoms with Crippen molar-refractivity contribution in [2.45, 2.75) is 32.1 Å². The topological polar surface area (TPSA) is 65.9 Å². The number of methoxy groups -OCH3 is 1. The van der Waals surface area contributed by atoms with Gasteiger partial charge in [0.25, 0.3) is 0 Å². The third-order valence-corrected chi connectivity index (χ3v) is 7.51. The summed E-state index contributed by atoms with van der Waals surface area (Å²) in [6.45, 7) is 1.28. The van der Waals surface area contributed by atoms with Crippen LogP contribution in [-0.4, -0.2) is 61.8 Å². The molecule has 1 aromatic heterocycles. The average molecular weight is 540 g/mol. The quantitative estimate of drug-likeness (QED) is 0.311. The number of carboxylic acids is 1. The van der Waals surface area contributed by atoms with Crippen molar-refractivity contribution in [3.05, 3.63) is 65.1 Å². The number of halogens is 3. The summed E-state index contributed by atoms with van der Waals surface area (Å²) >= 11 is 0. The first-order valence-corrected chi connectivity index (χ1v) is 12.9. The SMILES string of the molecule is COc1ccc2ncc(N(C)C)c(CCCC3(C(=O)O)CCN(CC#Cc4cc(F)cc(F)c4F)CC3)c2c1. The van der Waals surface area contributed by atoms with Crippen LogP contribution in [0.5, 0.6) is 5.75 Å². The normalized spacial score (nSPS) is 15.0. The predicted octanol–water partition coefficient (Wildman–Crippen LogP) is 5.27. The molecule has 39 heavy (non-hydrogen) atoms. The van der Waals surface area contributed by atoms with Crippen molar-refractivity contribution in [3.8, 4) is 17.6 Å². The molecule has 0 saturated carbocycles. The number of piperidine rings is 1. The zero-order valence-electron chi connectivity index (χ0n) is 22.4. The van der Waals surface area contributed by atoms with Crippen molar-refractivity contribution < 1.29 is 27.8 Å². The van der Waals surface area contributed by atoms with E-state index in [1.165, 1.54) is 0 Å². The summed E-state index contributed by atoms with van der Waals surface area (Å²) in [4.78, 5) is 21.0. The van der Waals surface area contributed by atoms with E-state index in [0.717, 1.165) is 34.0 Å². The fraction of sp³-hybridized carbons (Fsp3) is 0.400. The van der Waals surface area contributed by atoms with Gasteiger partial charge in [-0.2, -0.15) is 0 Å². The fourth-order valence-electron chi connectivity index (χ4n) is 5.20. The van der Waals surface area contributed by atoms with Gasteiger partial charge in [0.1, 0.15) is 11.6 Å². The van der Waals surface area contributed by atoms with Crippen molar-refractivity contribution in [2.75, 3.05) is 45.7 Å². The van der Waals surface area contributed by atoms with Gasteiger partial charge in [-0.15, -0.1) is 0 Å². The molecule has 1 aliphatic heterocycles. The number of anilines is 1. The number of hydrogen-bond acceptors (Lipinski definition) is 5. The Morgan fingerprint density at radius 2 is 1.92 bits per heavy atom. The second kappa shape index (κ2) is 12.0. The molecular formula is C30H32F3N3O3. The number of pyridine rings is 1. The van der Waals surface area contributed by atoms with Crippen LogP contribution in [0.15, 0.2) is 36.5 Å². The number of nitrogens with zero attached hydrogens (tertiary/aromatic N) is 3. The highest BCUT2D eigenvalue weighted by Crippen LogP contribution is 2.38. The summed E-state index contributed by atoms with van der Waals surface area (Å²) in [7, 11) is 5.55. The van der Waals surface area contributed by atoms with E-state index >= 15 is 0 Å². The maximum atomic E-state index is 13.8. The van der Waals surface area contributed by atoms with E-state index in [4.69, 9.17) is 4.74 Å². The monoisotopic (exact) mass is 539 g/mol. The lowest BCUT2D eigenvalue weighted by atomic mass is 9.74. The summed E-state index contributed by atoms with van der Waals surface area (Å²) in [5.41, 5.74) is 1.78. The molecule has 0 unspecified atom stereocenters. The maximum Gasteiger partial charge on any atom is 0.309 e. The Morgan fingerprint density at radius 1 is 1.18 bits per heavy atom. The predicted molar refractivity (Wildman–Crippen MR) is 144 cm³/mol. The third-order valence-electron chi connectivity index (χ3n) is 7.51. The Morgan fingerprint density at radius 3 is 2.59 bits per heavy atom. The molecule has 1 fully saturated rings. The number of fused-ring (bicyclic) bond motifs is 1. The van der Waals surface area contributed by atoms with Gasteiger partial charge < -0.3 is 14.7 Å². The van der Waals surface area contributed by atoms with Crippen LogP contribution in [-0.2, 0) is 11.2 Å². The van der Waals surface area contributed by atoms with Gasteiger partial charge in [0.2, 0.25) is 0 Å². The molecule has 0 bridgehead atoms. The van der Waals surface area contributed by atoms with Crippen LogP contribution < -0.4 is 9.64 Å². The number of rotatable bonds is 8. The zero-order valence-corrected chi connectivity index (χ0v) is 22.4. The average Bonchev–Trinajstić information content (AvgIpc) is 2.91. The molecule has 2 heterocycles. The third kappa shape index (κ3) is 6.28. The van der Waals surface area contributed by atoms with Crippen molar-refractivity contribution in [1.82, 2.24) is 9.88 Å². The second-order valence-corrected chi connectivity index (χ2v) is 10.2. The first-order valence-electron chi connectivity index (χ1n) is 12.9. The molecule has 9 heteroatoms. The van der Waals surface area contributed by atoms with Crippen molar-refractivity contribution >= 4 is 22.6 Å². The minimum absolute atomic E-state index is 0.254. The Balaban J connectivity index is 1.42. The number of aryl methyl sites for hydroxylation is 1. The molecule has 3 aromatic rings. The van der Waals surface area contributed by atoms with Gasteiger partial charge >= 0.3 is 5.97 Å². The van der Waals surface area contributed by atoms with Crippen LogP contribution in [0.2, 0.25) is 0 Å². The highest BCUT2D eigenvalue weighted by atomic mass is 19.2. The fourth-order valence-corrected chi connectivity index (χ4v) is 5.20. The number of carboxylic acid groups (broad SMARTS) is 1. The summed E-state index contributed by atoms with van der Waals surface area (Å²) < 4.78 is 46.0. The van der Waals surface area contributed by atoms with Gasteiger partial charge in [0, 0.05) is 38.6 Å². The number of hydrogen-bond donors (Lipinski definition) is 1. The number of ether oxygens (including phenoxy) is 1. The highest BCUT2D eigenvalue weighted by molar-refractivity contribution is 5.88. The van der Waals surface area contributed by atoms with Gasteiger partial charge in [0.05, 0.1) is 42.0 Å². The lowest BCUT2D eigenvalue weighted by Crippen LogP contribution is -2.44. The van der Waals surface area contributed by atoms with E-state index in [2.05, 4.69) is 16.8 Å². The molecular weight excluding hydrogens is 507 g/mol. The maximum absolute atomic E-state index is 13.8. The molecule has 6 nitrogen and oxygen atoms in total. The van der Waals surface area contributed by atoms with Gasteiger partial charge in [-0.1, -0.05) is 11.8 Å². The zero-order chi connectivity index (χ0) is 28.2. The van der Waals surface area contributed by atoms with E-state index in [-0.39, 0.29) is 12.1 Å². The number of likely N-dealkylation sites (tertiary alicyclic amines) is 1. The highest BCUT2D eigenvalue weighted by Gasteiger charge is 2.40. The minimum Gasteiger partial charge on any atom is -0.497 e. The lowest BCUT2D eigenvalue weighted by Gasteiger charge is -2.38. The van der Waals surface area contributed by atoms with Gasteiger partial charge in [-0.05, 0) is 61.9 Å². The molecule has 1 N–H and O–H groups in total. The molecule has 1 saturated heterocycles. The first kappa shape index (κ1) is 28.2. The number of aromatic nitrogens is 1. The summed E-state index contributed by atoms with van der Waals surface area (Å²) in [6.07, 6.45) is 4.67. The minimum atomic E-state index is -1.28. The molecule has 2 aromatic carbocycles. The van der Waals surface area contributed by atoms with E-state index in [0.29, 0.717) is 51.3 Å². The van der Waals surface area contributed by atoms with Crippen molar-refractivity contribution in [2.24, 2.45) is 5.41 Å². The van der Waals surface area contributed by atoms with Crippen LogP contribution >= 0.6 is 0 Å². The summed E-state index contributed by atoms with van der Waals surface area (Å²) in [5, 5.41) is 11.2. The van der Waals surface area contributed by atoms with Crippen LogP contribution in [0.25, 0.3) is 10.9 Å².